The third-order valence-corrected chi connectivity index (χ3v) is 3.47. The third-order valence-electron chi connectivity index (χ3n) is 3.47. The molecular weight excluding hydrogens is 358 g/mol. The number of nitrogens with zero attached hydrogens (tertiary/aromatic N) is 1. The number of rotatable bonds is 8. The number of oxime groups is 1. The van der Waals surface area contributed by atoms with E-state index in [-0.39, 0.29) is 17.1 Å². The zero-order valence-electron chi connectivity index (χ0n) is 14.7. The summed E-state index contributed by atoms with van der Waals surface area (Å²) in [5.74, 6) is -0.586. The van der Waals surface area contributed by atoms with Crippen molar-refractivity contribution in [1.82, 2.24) is 0 Å². The highest BCUT2D eigenvalue weighted by molar-refractivity contribution is 5.96. The first-order valence-corrected chi connectivity index (χ1v) is 8.01. The van der Waals surface area contributed by atoms with E-state index in [4.69, 9.17) is 4.84 Å². The quantitative estimate of drug-likeness (QED) is 0.431. The second-order valence-corrected chi connectivity index (χ2v) is 5.52. The Labute approximate surface area is 154 Å². The van der Waals surface area contributed by atoms with Crippen LogP contribution in [0.2, 0.25) is 0 Å². The van der Waals surface area contributed by atoms with Crippen LogP contribution in [0.5, 0.6) is 5.75 Å². The molecule has 1 N–H and O–H groups in total. The number of ketones is 1. The molecule has 1 atom stereocenters. The number of ether oxygens (including phenoxy) is 1. The van der Waals surface area contributed by atoms with Gasteiger partial charge in [0.25, 0.3) is 5.91 Å². The number of Topliss-reactive ketones (excluding diaryl/α,β-unsaturated/α-hetero) is 1. The number of amides is 1. The van der Waals surface area contributed by atoms with Crippen LogP contribution in [0.4, 0.5) is 14.5 Å². The average Bonchev–Trinajstić information content (AvgIpc) is 2.63. The van der Waals surface area contributed by atoms with Gasteiger partial charge in [-0.2, -0.15) is 8.78 Å². The maximum Gasteiger partial charge on any atom is 0.387 e. The van der Waals surface area contributed by atoms with Crippen LogP contribution in [0.25, 0.3) is 0 Å². The molecule has 1 unspecified atom stereocenters. The molecule has 6 nitrogen and oxygen atoms in total. The number of hydrogen-bond acceptors (Lipinski definition) is 5. The Hall–Kier alpha value is -3.29. The lowest BCUT2D eigenvalue weighted by Crippen LogP contribution is -2.26. The molecule has 0 fully saturated rings. The SMILES string of the molecule is CC(=O)c1ccc(NC(=O)C(C)O/N=C/c2ccccc2OC(F)F)cc1. The molecule has 0 heterocycles. The summed E-state index contributed by atoms with van der Waals surface area (Å²) in [6.07, 6.45) is 0.250. The van der Waals surface area contributed by atoms with Crippen molar-refractivity contribution in [3.63, 3.8) is 0 Å². The fraction of sp³-hybridized carbons (Fsp3) is 0.211. The zero-order chi connectivity index (χ0) is 19.8. The van der Waals surface area contributed by atoms with Crippen molar-refractivity contribution in [1.29, 1.82) is 0 Å². The molecule has 8 heteroatoms. The molecule has 0 radical (unpaired) electrons. The number of benzene rings is 2. The first-order chi connectivity index (χ1) is 12.9. The Bertz CT molecular complexity index is 823. The molecule has 0 aromatic heterocycles. The van der Waals surface area contributed by atoms with E-state index in [9.17, 15) is 18.4 Å². The summed E-state index contributed by atoms with van der Waals surface area (Å²) in [6.45, 7) is -0.0240. The molecule has 1 amide bonds. The van der Waals surface area contributed by atoms with Gasteiger partial charge in [0.1, 0.15) is 5.75 Å². The largest absolute Gasteiger partial charge is 0.434 e. The number of carbonyl (C=O) groups is 2. The van der Waals surface area contributed by atoms with E-state index in [1.165, 1.54) is 32.2 Å². The minimum Gasteiger partial charge on any atom is -0.434 e. The molecule has 27 heavy (non-hydrogen) atoms. The maximum absolute atomic E-state index is 12.4. The number of carbonyl (C=O) groups excluding carboxylic acids is 2. The topological polar surface area (TPSA) is 77.0 Å². The van der Waals surface area contributed by atoms with Gasteiger partial charge in [-0.15, -0.1) is 0 Å². The van der Waals surface area contributed by atoms with Crippen LogP contribution in [0, 0.1) is 0 Å². The Morgan fingerprint density at radius 3 is 2.41 bits per heavy atom. The van der Waals surface area contributed by atoms with Crippen LogP contribution in [-0.2, 0) is 9.63 Å². The fourth-order valence-electron chi connectivity index (χ4n) is 2.05. The lowest BCUT2D eigenvalue weighted by molar-refractivity contribution is -0.126. The molecule has 2 rings (SSSR count). The first kappa shape index (κ1) is 20.0. The maximum atomic E-state index is 12.4. The van der Waals surface area contributed by atoms with Crippen molar-refractivity contribution in [3.8, 4) is 5.75 Å². The Morgan fingerprint density at radius 1 is 1.11 bits per heavy atom. The summed E-state index contributed by atoms with van der Waals surface area (Å²) in [7, 11) is 0. The van der Waals surface area contributed by atoms with E-state index >= 15 is 0 Å². The van der Waals surface area contributed by atoms with Gasteiger partial charge in [-0.3, -0.25) is 9.59 Å². The molecule has 142 valence electrons. The lowest BCUT2D eigenvalue weighted by atomic mass is 10.1. The van der Waals surface area contributed by atoms with Gasteiger partial charge in [0.2, 0.25) is 6.10 Å². The molecular formula is C19H18F2N2O4. The van der Waals surface area contributed by atoms with Crippen LogP contribution >= 0.6 is 0 Å². The van der Waals surface area contributed by atoms with Crippen molar-refractivity contribution < 1.29 is 27.9 Å². The predicted molar refractivity (Wildman–Crippen MR) is 96.3 cm³/mol. The minimum atomic E-state index is -2.96. The molecule has 0 saturated heterocycles. The average molecular weight is 376 g/mol. The van der Waals surface area contributed by atoms with E-state index in [2.05, 4.69) is 15.2 Å². The molecule has 0 aliphatic rings. The molecule has 0 aliphatic carbocycles. The standard InChI is InChI=1S/C19H18F2N2O4/c1-12(24)14-7-9-16(10-8-14)23-18(25)13(2)27-22-11-15-5-3-4-6-17(15)26-19(20)21/h3-11,13,19H,1-2H3,(H,23,25)/b22-11+. The highest BCUT2D eigenvalue weighted by atomic mass is 19.3. The Balaban J connectivity index is 1.93. The summed E-state index contributed by atoms with van der Waals surface area (Å²) in [6, 6.07) is 12.5. The van der Waals surface area contributed by atoms with Crippen LogP contribution in [0.3, 0.4) is 0 Å². The van der Waals surface area contributed by atoms with Crippen molar-refractivity contribution in [2.24, 2.45) is 5.16 Å². The van der Waals surface area contributed by atoms with Crippen LogP contribution in [0.15, 0.2) is 53.7 Å². The van der Waals surface area contributed by atoms with Crippen LogP contribution in [-0.4, -0.2) is 30.6 Å². The zero-order valence-corrected chi connectivity index (χ0v) is 14.7. The molecule has 2 aromatic rings. The van der Waals surface area contributed by atoms with Crippen molar-refractivity contribution in [3.05, 3.63) is 59.7 Å². The number of para-hydroxylation sites is 1. The van der Waals surface area contributed by atoms with Gasteiger partial charge in [0.15, 0.2) is 5.78 Å². The number of halogens is 2. The summed E-state index contributed by atoms with van der Waals surface area (Å²) < 4.78 is 29.1. The first-order valence-electron chi connectivity index (χ1n) is 8.01. The van der Waals surface area contributed by atoms with E-state index < -0.39 is 18.6 Å². The smallest absolute Gasteiger partial charge is 0.387 e. The van der Waals surface area contributed by atoms with Crippen molar-refractivity contribution in [2.45, 2.75) is 26.6 Å². The van der Waals surface area contributed by atoms with E-state index in [1.54, 1.807) is 36.4 Å². The summed E-state index contributed by atoms with van der Waals surface area (Å²) in [4.78, 5) is 28.4. The van der Waals surface area contributed by atoms with Gasteiger partial charge in [0, 0.05) is 16.8 Å². The van der Waals surface area contributed by atoms with Crippen LogP contribution < -0.4 is 10.1 Å². The number of alkyl halides is 2. The Morgan fingerprint density at radius 2 is 1.78 bits per heavy atom. The fourth-order valence-corrected chi connectivity index (χ4v) is 2.05. The highest BCUT2D eigenvalue weighted by Gasteiger charge is 2.14. The predicted octanol–water partition coefficient (Wildman–Crippen LogP) is 3.87. The van der Waals surface area contributed by atoms with Crippen molar-refractivity contribution >= 4 is 23.6 Å². The van der Waals surface area contributed by atoms with Gasteiger partial charge in [0.05, 0.1) is 6.21 Å². The van der Waals surface area contributed by atoms with Gasteiger partial charge in [-0.25, -0.2) is 0 Å². The van der Waals surface area contributed by atoms with E-state index in [0.717, 1.165) is 0 Å². The van der Waals surface area contributed by atoms with Gasteiger partial charge < -0.3 is 14.9 Å². The lowest BCUT2D eigenvalue weighted by Gasteiger charge is -2.11. The van der Waals surface area contributed by atoms with Crippen LogP contribution in [0.1, 0.15) is 29.8 Å². The number of anilines is 1. The molecule has 2 aromatic carbocycles. The second-order valence-electron chi connectivity index (χ2n) is 5.52. The summed E-state index contributed by atoms with van der Waals surface area (Å²) in [5.41, 5.74) is 1.32. The van der Waals surface area contributed by atoms with Crippen molar-refractivity contribution in [2.75, 3.05) is 5.32 Å². The van der Waals surface area contributed by atoms with E-state index in [1.807, 2.05) is 0 Å². The molecule has 0 saturated carbocycles. The summed E-state index contributed by atoms with van der Waals surface area (Å²) in [5, 5.41) is 6.28. The van der Waals surface area contributed by atoms with Gasteiger partial charge >= 0.3 is 6.61 Å². The number of nitrogens with one attached hydrogen (secondary N) is 1. The second kappa shape index (κ2) is 9.42. The Kier molecular flexibility index (Phi) is 6.99. The molecule has 0 spiro atoms. The van der Waals surface area contributed by atoms with Gasteiger partial charge in [-0.05, 0) is 50.2 Å². The molecule has 0 aliphatic heterocycles. The summed E-state index contributed by atoms with van der Waals surface area (Å²) >= 11 is 0. The van der Waals surface area contributed by atoms with E-state index in [0.29, 0.717) is 11.3 Å². The van der Waals surface area contributed by atoms with Gasteiger partial charge in [-0.1, -0.05) is 17.3 Å². The number of hydrogen-bond donors (Lipinski definition) is 1. The highest BCUT2D eigenvalue weighted by Crippen LogP contribution is 2.18. The monoisotopic (exact) mass is 376 g/mol. The normalized spacial score (nSPS) is 12.0. The molecule has 0 bridgehead atoms. The third kappa shape index (κ3) is 6.18. The minimum absolute atomic E-state index is 0.0532.